The molecule has 0 amide bonds. The van der Waals surface area contributed by atoms with Crippen LogP contribution >= 0.6 is 23.9 Å². The van der Waals surface area contributed by atoms with Crippen molar-refractivity contribution in [1.29, 1.82) is 0 Å². The number of nitrogens with zero attached hydrogens (tertiary/aromatic N) is 3. The van der Waals surface area contributed by atoms with Gasteiger partial charge in [0.15, 0.2) is 0 Å². The number of hydrogen-bond donors (Lipinski definition) is 1. The standard InChI is InChI=1S/C14H22N2O2S.C14H24N2S/c1-16(2)8-9-19-15-14(10-17)12-18-11-13-6-4-3-5-7-13;1-5-6-13-12(2)16(17-4)11-14(13)7-9-15(3)10-8-14/h3-7,10,14-15H,8-9,11-12H2,1-2H3;5-6H,7-11H2,1-4H3/b;6-5-. The van der Waals surface area contributed by atoms with Gasteiger partial charge in [0, 0.05) is 36.2 Å². The van der Waals surface area contributed by atoms with Gasteiger partial charge in [0.05, 0.1) is 19.3 Å². The van der Waals surface area contributed by atoms with Gasteiger partial charge in [0.1, 0.15) is 6.29 Å². The summed E-state index contributed by atoms with van der Waals surface area (Å²) >= 11 is 3.42. The number of hydrogen-bond acceptors (Lipinski definition) is 8. The Kier molecular flexibility index (Phi) is 14.2. The van der Waals surface area contributed by atoms with Gasteiger partial charge in [-0.3, -0.25) is 4.72 Å². The Morgan fingerprint density at radius 3 is 2.50 bits per heavy atom. The van der Waals surface area contributed by atoms with Crippen LogP contribution in [0.3, 0.4) is 0 Å². The van der Waals surface area contributed by atoms with Gasteiger partial charge in [-0.1, -0.05) is 66.4 Å². The molecule has 0 bridgehead atoms. The minimum Gasteiger partial charge on any atom is -0.375 e. The molecule has 3 rings (SSSR count). The lowest BCUT2D eigenvalue weighted by atomic mass is 9.73. The second kappa shape index (κ2) is 16.5. The summed E-state index contributed by atoms with van der Waals surface area (Å²) in [6.07, 6.45) is 10.2. The first-order valence-corrected chi connectivity index (χ1v) is 14.9. The molecule has 202 valence electrons. The number of piperidine rings is 1. The van der Waals surface area contributed by atoms with E-state index in [-0.39, 0.29) is 6.04 Å². The Hall–Kier alpha value is -1.29. The third-order valence-corrected chi connectivity index (χ3v) is 8.43. The molecule has 0 radical (unpaired) electrons. The normalized spacial score (nSPS) is 18.7. The molecule has 2 heterocycles. The van der Waals surface area contributed by atoms with Gasteiger partial charge in [-0.25, -0.2) is 0 Å². The highest BCUT2D eigenvalue weighted by molar-refractivity contribution is 7.97. The highest BCUT2D eigenvalue weighted by atomic mass is 32.2. The van der Waals surface area contributed by atoms with Crippen molar-refractivity contribution in [2.75, 3.05) is 65.9 Å². The van der Waals surface area contributed by atoms with Crippen molar-refractivity contribution >= 4 is 30.2 Å². The molecule has 2 aliphatic rings. The molecule has 1 aromatic carbocycles. The number of carbonyl (C=O) groups excluding carboxylic acids is 1. The van der Waals surface area contributed by atoms with E-state index in [1.807, 2.05) is 56.4 Å². The van der Waals surface area contributed by atoms with Crippen LogP contribution in [0.4, 0.5) is 0 Å². The zero-order valence-corrected chi connectivity index (χ0v) is 24.7. The lowest BCUT2D eigenvalue weighted by Gasteiger charge is -2.39. The van der Waals surface area contributed by atoms with Crippen molar-refractivity contribution in [3.05, 3.63) is 59.3 Å². The average molecular weight is 535 g/mol. The van der Waals surface area contributed by atoms with E-state index in [2.05, 4.69) is 58.1 Å². The summed E-state index contributed by atoms with van der Waals surface area (Å²) < 4.78 is 11.1. The first-order chi connectivity index (χ1) is 17.3. The van der Waals surface area contributed by atoms with Gasteiger partial charge in [-0.2, -0.15) is 0 Å². The summed E-state index contributed by atoms with van der Waals surface area (Å²) in [5.74, 6) is 0.941. The van der Waals surface area contributed by atoms with E-state index in [9.17, 15) is 4.79 Å². The number of rotatable bonds is 12. The first kappa shape index (κ1) is 30.9. The van der Waals surface area contributed by atoms with Crippen LogP contribution in [0.15, 0.2) is 53.8 Å². The van der Waals surface area contributed by atoms with E-state index < -0.39 is 0 Å². The highest BCUT2D eigenvalue weighted by Gasteiger charge is 2.43. The lowest BCUT2D eigenvalue weighted by Crippen LogP contribution is -2.40. The molecule has 1 saturated heterocycles. The van der Waals surface area contributed by atoms with Crippen LogP contribution in [0.5, 0.6) is 0 Å². The van der Waals surface area contributed by atoms with Crippen molar-refractivity contribution in [1.82, 2.24) is 18.8 Å². The monoisotopic (exact) mass is 534 g/mol. The lowest BCUT2D eigenvalue weighted by molar-refractivity contribution is -0.110. The highest BCUT2D eigenvalue weighted by Crippen LogP contribution is 2.48. The Morgan fingerprint density at radius 1 is 1.22 bits per heavy atom. The molecule has 0 saturated carbocycles. The molecule has 1 spiro atoms. The number of likely N-dealkylation sites (tertiary alicyclic amines) is 1. The first-order valence-electron chi connectivity index (χ1n) is 12.8. The third-order valence-electron chi connectivity index (χ3n) is 6.73. The maximum absolute atomic E-state index is 10.9. The fraction of sp³-hybridized carbons (Fsp3) is 0.607. The van der Waals surface area contributed by atoms with Gasteiger partial charge in [0.25, 0.3) is 0 Å². The maximum atomic E-state index is 10.9. The fourth-order valence-electron chi connectivity index (χ4n) is 4.51. The van der Waals surface area contributed by atoms with Crippen LogP contribution in [-0.2, 0) is 16.1 Å². The van der Waals surface area contributed by atoms with Gasteiger partial charge in [-0.15, -0.1) is 0 Å². The van der Waals surface area contributed by atoms with Gasteiger partial charge in [0.2, 0.25) is 0 Å². The van der Waals surface area contributed by atoms with Crippen LogP contribution in [0, 0.1) is 5.41 Å². The summed E-state index contributed by atoms with van der Waals surface area (Å²) in [7, 11) is 6.29. The van der Waals surface area contributed by atoms with Gasteiger partial charge >= 0.3 is 0 Å². The largest absolute Gasteiger partial charge is 0.375 e. The fourth-order valence-corrected chi connectivity index (χ4v) is 6.17. The second-order valence-corrected chi connectivity index (χ2v) is 11.6. The molecule has 1 N–H and O–H groups in total. The number of nitrogens with one attached hydrogen (secondary N) is 1. The zero-order chi connectivity index (χ0) is 26.4. The summed E-state index contributed by atoms with van der Waals surface area (Å²) in [6, 6.07) is 9.69. The molecule has 2 aliphatic heterocycles. The molecule has 36 heavy (non-hydrogen) atoms. The Balaban J connectivity index is 0.000000255. The van der Waals surface area contributed by atoms with E-state index in [0.717, 1.165) is 24.1 Å². The van der Waals surface area contributed by atoms with Crippen molar-refractivity contribution in [3.8, 4) is 0 Å². The average Bonchev–Trinajstić information content (AvgIpc) is 3.14. The second-order valence-electron chi connectivity index (χ2n) is 9.81. The minimum atomic E-state index is -0.254. The Labute approximate surface area is 228 Å². The molecular formula is C28H46N4O2S2. The molecule has 6 nitrogen and oxygen atoms in total. The van der Waals surface area contributed by atoms with Gasteiger partial charge in [-0.05, 0) is 72.1 Å². The molecule has 1 fully saturated rings. The van der Waals surface area contributed by atoms with Crippen LogP contribution in [0.25, 0.3) is 0 Å². The number of allylic oxidation sites excluding steroid dienone is 3. The van der Waals surface area contributed by atoms with Crippen molar-refractivity contribution in [2.45, 2.75) is 39.3 Å². The smallest absolute Gasteiger partial charge is 0.140 e. The van der Waals surface area contributed by atoms with Crippen molar-refractivity contribution < 1.29 is 9.53 Å². The summed E-state index contributed by atoms with van der Waals surface area (Å²) in [5.41, 5.74) is 4.60. The molecule has 0 aromatic heterocycles. The minimum absolute atomic E-state index is 0.254. The molecule has 1 aromatic rings. The number of aldehydes is 1. The molecule has 0 aliphatic carbocycles. The van der Waals surface area contributed by atoms with E-state index >= 15 is 0 Å². The molecule has 1 atom stereocenters. The maximum Gasteiger partial charge on any atom is 0.140 e. The van der Waals surface area contributed by atoms with Crippen LogP contribution < -0.4 is 4.72 Å². The molecule has 8 heteroatoms. The van der Waals surface area contributed by atoms with Crippen LogP contribution in [-0.4, -0.2) is 92.4 Å². The van der Waals surface area contributed by atoms with Gasteiger partial charge < -0.3 is 23.6 Å². The van der Waals surface area contributed by atoms with E-state index in [1.54, 1.807) is 17.5 Å². The molecular weight excluding hydrogens is 488 g/mol. The molecule has 1 unspecified atom stereocenters. The zero-order valence-electron chi connectivity index (χ0n) is 23.0. The van der Waals surface area contributed by atoms with E-state index in [1.165, 1.54) is 38.2 Å². The third kappa shape index (κ3) is 9.88. The summed E-state index contributed by atoms with van der Waals surface area (Å²) in [6.45, 7) is 9.99. The Bertz CT molecular complexity index is 824. The van der Waals surface area contributed by atoms with Crippen LogP contribution in [0.2, 0.25) is 0 Å². The SMILES string of the molecule is C/C=C\C1=C(C)N(SC)CC12CCN(C)CC2.CN(C)CCSNC(C=O)COCc1ccccc1. The summed E-state index contributed by atoms with van der Waals surface area (Å²) in [5, 5.41) is 0. The predicted octanol–water partition coefficient (Wildman–Crippen LogP) is 4.71. The van der Waals surface area contributed by atoms with Crippen LogP contribution in [0.1, 0.15) is 32.3 Å². The van der Waals surface area contributed by atoms with Crippen molar-refractivity contribution in [3.63, 3.8) is 0 Å². The number of carbonyl (C=O) groups is 1. The van der Waals surface area contributed by atoms with E-state index in [0.29, 0.717) is 18.6 Å². The predicted molar refractivity (Wildman–Crippen MR) is 157 cm³/mol. The quantitative estimate of drug-likeness (QED) is 0.235. The summed E-state index contributed by atoms with van der Waals surface area (Å²) in [4.78, 5) is 15.5. The number of benzene rings is 1. The van der Waals surface area contributed by atoms with E-state index in [4.69, 9.17) is 4.74 Å². The van der Waals surface area contributed by atoms with Crippen molar-refractivity contribution in [2.24, 2.45) is 5.41 Å². The topological polar surface area (TPSA) is 48.0 Å². The Morgan fingerprint density at radius 2 is 1.92 bits per heavy atom. The number of ether oxygens (including phenoxy) is 1.